The average Bonchev–Trinajstić information content (AvgIpc) is 2.15. The topological polar surface area (TPSA) is 17.1 Å². The van der Waals surface area contributed by atoms with Crippen molar-refractivity contribution in [2.24, 2.45) is 0 Å². The predicted molar refractivity (Wildman–Crippen MR) is 60.0 cm³/mol. The lowest BCUT2D eigenvalue weighted by Crippen LogP contribution is -1.83. The molecule has 0 atom stereocenters. The largest absolute Gasteiger partial charge is 0.298 e. The van der Waals surface area contributed by atoms with Crippen LogP contribution in [0.4, 0.5) is 0 Å². The van der Waals surface area contributed by atoms with Crippen LogP contribution in [0.3, 0.4) is 0 Å². The van der Waals surface area contributed by atoms with Crippen molar-refractivity contribution < 1.29 is 4.79 Å². The third-order valence-electron chi connectivity index (χ3n) is 1.40. The highest BCUT2D eigenvalue weighted by atomic mass is 35.5. The number of hydrogen-bond acceptors (Lipinski definition) is 2. The molecule has 0 spiro atoms. The number of hydrogen-bond donors (Lipinski definition) is 0. The first-order valence-corrected chi connectivity index (χ1v) is 4.65. The van der Waals surface area contributed by atoms with Crippen molar-refractivity contribution in [2.45, 2.75) is 4.90 Å². The van der Waals surface area contributed by atoms with Crippen molar-refractivity contribution in [3.05, 3.63) is 42.5 Å². The number of rotatable bonds is 4. The maximum Gasteiger partial charge on any atom is 0.151 e. The van der Waals surface area contributed by atoms with E-state index in [1.54, 1.807) is 11.8 Å². The van der Waals surface area contributed by atoms with Gasteiger partial charge in [0.1, 0.15) is 0 Å². The van der Waals surface area contributed by atoms with E-state index in [0.717, 1.165) is 22.5 Å². The molecule has 0 unspecified atom stereocenters. The molecule has 70 valence electrons. The van der Waals surface area contributed by atoms with Crippen LogP contribution in [0.25, 0.3) is 0 Å². The lowest BCUT2D eigenvalue weighted by Gasteiger charge is -2.00. The van der Waals surface area contributed by atoms with E-state index in [1.165, 1.54) is 0 Å². The highest BCUT2D eigenvalue weighted by molar-refractivity contribution is 7.99. The predicted octanol–water partition coefficient (Wildman–Crippen LogP) is 3.20. The Morgan fingerprint density at radius 2 is 2.08 bits per heavy atom. The van der Waals surface area contributed by atoms with Crippen LogP contribution >= 0.6 is 24.2 Å². The summed E-state index contributed by atoms with van der Waals surface area (Å²) in [5, 5.41) is 0. The van der Waals surface area contributed by atoms with E-state index < -0.39 is 0 Å². The quantitative estimate of drug-likeness (QED) is 0.435. The van der Waals surface area contributed by atoms with Crippen molar-refractivity contribution in [3.63, 3.8) is 0 Å². The minimum absolute atomic E-state index is 0. The van der Waals surface area contributed by atoms with Gasteiger partial charge in [-0.2, -0.15) is 0 Å². The lowest BCUT2D eigenvalue weighted by molar-refractivity contribution is 0.112. The molecule has 13 heavy (non-hydrogen) atoms. The minimum Gasteiger partial charge on any atom is -0.298 e. The fraction of sp³-hybridized carbons (Fsp3) is 0.100. The van der Waals surface area contributed by atoms with Crippen molar-refractivity contribution in [1.82, 2.24) is 0 Å². The molecular weight excluding hydrogens is 204 g/mol. The number of carbonyl (C=O) groups is 1. The zero-order valence-corrected chi connectivity index (χ0v) is 8.74. The van der Waals surface area contributed by atoms with Crippen LogP contribution in [0.1, 0.15) is 10.4 Å². The molecule has 0 saturated heterocycles. The van der Waals surface area contributed by atoms with Crippen LogP contribution in [-0.4, -0.2) is 12.0 Å². The highest BCUT2D eigenvalue weighted by Crippen LogP contribution is 2.20. The summed E-state index contributed by atoms with van der Waals surface area (Å²) >= 11 is 1.62. The summed E-state index contributed by atoms with van der Waals surface area (Å²) < 4.78 is 0. The van der Waals surface area contributed by atoms with Crippen molar-refractivity contribution >= 4 is 30.5 Å². The van der Waals surface area contributed by atoms with E-state index in [1.807, 2.05) is 30.3 Å². The third kappa shape index (κ3) is 3.66. The average molecular weight is 215 g/mol. The lowest BCUT2D eigenvalue weighted by atomic mass is 10.2. The molecule has 0 aromatic heterocycles. The van der Waals surface area contributed by atoms with Crippen LogP contribution < -0.4 is 0 Å². The van der Waals surface area contributed by atoms with E-state index in [0.29, 0.717) is 0 Å². The number of benzene rings is 1. The molecule has 0 fully saturated rings. The Hall–Kier alpha value is -0.730. The summed E-state index contributed by atoms with van der Waals surface area (Å²) in [6.45, 7) is 3.62. The molecule has 0 saturated carbocycles. The molecule has 1 rings (SSSR count). The van der Waals surface area contributed by atoms with Crippen LogP contribution in [-0.2, 0) is 0 Å². The Labute approximate surface area is 88.6 Å². The van der Waals surface area contributed by atoms with Crippen LogP contribution in [0.5, 0.6) is 0 Å². The molecule has 1 aromatic rings. The van der Waals surface area contributed by atoms with Gasteiger partial charge in [-0.05, 0) is 6.07 Å². The maximum atomic E-state index is 10.6. The summed E-state index contributed by atoms with van der Waals surface area (Å²) in [7, 11) is 0. The molecule has 0 radical (unpaired) electrons. The Morgan fingerprint density at radius 3 is 2.69 bits per heavy atom. The third-order valence-corrected chi connectivity index (χ3v) is 2.49. The zero-order chi connectivity index (χ0) is 8.81. The molecule has 0 aliphatic carbocycles. The molecular formula is C10H11ClOS. The number of thioether (sulfide) groups is 1. The van der Waals surface area contributed by atoms with Gasteiger partial charge < -0.3 is 0 Å². The van der Waals surface area contributed by atoms with E-state index in [2.05, 4.69) is 6.58 Å². The first-order valence-electron chi connectivity index (χ1n) is 3.66. The Bertz CT molecular complexity index is 286. The maximum absolute atomic E-state index is 10.6. The van der Waals surface area contributed by atoms with Crippen LogP contribution in [0.2, 0.25) is 0 Å². The second-order valence-electron chi connectivity index (χ2n) is 2.26. The van der Waals surface area contributed by atoms with Gasteiger partial charge in [0, 0.05) is 16.2 Å². The smallest absolute Gasteiger partial charge is 0.151 e. The first-order chi connectivity index (χ1) is 5.88. The normalized spacial score (nSPS) is 8.62. The Morgan fingerprint density at radius 1 is 1.38 bits per heavy atom. The van der Waals surface area contributed by atoms with E-state index in [4.69, 9.17) is 0 Å². The fourth-order valence-electron chi connectivity index (χ4n) is 0.858. The SMILES string of the molecule is C=CCSc1ccccc1C=O.Cl. The summed E-state index contributed by atoms with van der Waals surface area (Å²) in [6.07, 6.45) is 2.71. The molecule has 0 aliphatic heterocycles. The van der Waals surface area contributed by atoms with Crippen molar-refractivity contribution in [2.75, 3.05) is 5.75 Å². The van der Waals surface area contributed by atoms with E-state index in [-0.39, 0.29) is 12.4 Å². The minimum atomic E-state index is 0. The van der Waals surface area contributed by atoms with Gasteiger partial charge in [-0.15, -0.1) is 30.7 Å². The van der Waals surface area contributed by atoms with Gasteiger partial charge in [0.25, 0.3) is 0 Å². The summed E-state index contributed by atoms with van der Waals surface area (Å²) in [5.74, 6) is 0.838. The van der Waals surface area contributed by atoms with Crippen molar-refractivity contribution in [3.8, 4) is 0 Å². The molecule has 0 N–H and O–H groups in total. The van der Waals surface area contributed by atoms with Crippen molar-refractivity contribution in [1.29, 1.82) is 0 Å². The molecule has 3 heteroatoms. The molecule has 0 heterocycles. The van der Waals surface area contributed by atoms with Gasteiger partial charge in [-0.1, -0.05) is 24.3 Å². The monoisotopic (exact) mass is 214 g/mol. The standard InChI is InChI=1S/C10H10OS.ClH/c1-2-7-12-10-6-4-3-5-9(10)8-11;/h2-6,8H,1,7H2;1H. The molecule has 0 bridgehead atoms. The summed E-state index contributed by atoms with van der Waals surface area (Å²) in [6, 6.07) is 7.55. The Kier molecular flexibility index (Phi) is 6.37. The Balaban J connectivity index is 0.00000144. The van der Waals surface area contributed by atoms with Gasteiger partial charge in [0.05, 0.1) is 0 Å². The number of carbonyl (C=O) groups excluding carboxylic acids is 1. The molecule has 0 aliphatic rings. The van der Waals surface area contributed by atoms with Gasteiger partial charge >= 0.3 is 0 Å². The molecule has 1 nitrogen and oxygen atoms in total. The summed E-state index contributed by atoms with van der Waals surface area (Å²) in [5.41, 5.74) is 0.754. The van der Waals surface area contributed by atoms with Crippen LogP contribution in [0.15, 0.2) is 41.8 Å². The van der Waals surface area contributed by atoms with Gasteiger partial charge in [0.15, 0.2) is 6.29 Å². The summed E-state index contributed by atoms with van der Waals surface area (Å²) in [4.78, 5) is 11.6. The fourth-order valence-corrected chi connectivity index (χ4v) is 1.61. The molecule has 1 aromatic carbocycles. The highest BCUT2D eigenvalue weighted by Gasteiger charge is 1.98. The van der Waals surface area contributed by atoms with E-state index in [9.17, 15) is 4.79 Å². The van der Waals surface area contributed by atoms with Crippen LogP contribution in [0, 0.1) is 0 Å². The van der Waals surface area contributed by atoms with E-state index >= 15 is 0 Å². The molecule has 0 amide bonds. The first kappa shape index (κ1) is 12.3. The second kappa shape index (κ2) is 6.75. The zero-order valence-electron chi connectivity index (χ0n) is 7.10. The number of aldehydes is 1. The van der Waals surface area contributed by atoms with Gasteiger partial charge in [-0.25, -0.2) is 0 Å². The second-order valence-corrected chi connectivity index (χ2v) is 3.32. The van der Waals surface area contributed by atoms with Gasteiger partial charge in [0.2, 0.25) is 0 Å². The number of halogens is 1. The van der Waals surface area contributed by atoms with Gasteiger partial charge in [-0.3, -0.25) is 4.79 Å².